The minimum absolute atomic E-state index is 0.211. The number of rotatable bonds is 11. The molecule has 0 aliphatic heterocycles. The molecule has 0 rings (SSSR count). The molecule has 2 heteroatoms. The van der Waals surface area contributed by atoms with Crippen LogP contribution in [0.4, 0.5) is 0 Å². The van der Waals surface area contributed by atoms with Crippen LogP contribution in [-0.2, 0) is 0 Å². The third-order valence-electron chi connectivity index (χ3n) is 3.80. The molecule has 0 saturated carbocycles. The molecular weight excluding hydrogens is 220 g/mol. The van der Waals surface area contributed by atoms with Crippen molar-refractivity contribution < 1.29 is 0 Å². The predicted octanol–water partition coefficient (Wildman–Crippen LogP) is 4.78. The van der Waals surface area contributed by atoms with Gasteiger partial charge in [0.1, 0.15) is 0 Å². The van der Waals surface area contributed by atoms with Gasteiger partial charge in [0.2, 0.25) is 0 Å². The average Bonchev–Trinajstić information content (AvgIpc) is 2.30. The minimum atomic E-state index is -0.211. The van der Waals surface area contributed by atoms with Gasteiger partial charge in [0.15, 0.2) is 0 Å². The largest absolute Gasteiger partial charge is 0.325 e. The SMILES string of the molecule is CCCCCCCCCCC(CC#N)C(C)(C)N. The van der Waals surface area contributed by atoms with Crippen molar-refractivity contribution in [2.45, 2.75) is 90.5 Å². The molecule has 2 N–H and O–H groups in total. The molecule has 0 fully saturated rings. The Kier molecular flexibility index (Phi) is 10.1. The van der Waals surface area contributed by atoms with Gasteiger partial charge < -0.3 is 5.73 Å². The quantitative estimate of drug-likeness (QED) is 0.538. The van der Waals surface area contributed by atoms with Crippen LogP contribution in [0.5, 0.6) is 0 Å². The molecule has 0 amide bonds. The Morgan fingerprint density at radius 2 is 1.50 bits per heavy atom. The van der Waals surface area contributed by atoms with E-state index in [9.17, 15) is 0 Å². The zero-order chi connectivity index (χ0) is 13.9. The second-order valence-corrected chi connectivity index (χ2v) is 6.14. The second kappa shape index (κ2) is 10.4. The predicted molar refractivity (Wildman–Crippen MR) is 79.2 cm³/mol. The molecule has 1 atom stereocenters. The van der Waals surface area contributed by atoms with Gasteiger partial charge in [-0.15, -0.1) is 0 Å². The number of hydrogen-bond acceptors (Lipinski definition) is 2. The highest BCUT2D eigenvalue weighted by molar-refractivity contribution is 4.88. The highest BCUT2D eigenvalue weighted by Gasteiger charge is 2.24. The molecule has 0 aliphatic carbocycles. The summed E-state index contributed by atoms with van der Waals surface area (Å²) in [5.74, 6) is 0.350. The van der Waals surface area contributed by atoms with Crippen LogP contribution >= 0.6 is 0 Å². The number of hydrogen-bond donors (Lipinski definition) is 1. The molecule has 0 aromatic rings. The van der Waals surface area contributed by atoms with Gasteiger partial charge in [-0.2, -0.15) is 5.26 Å². The summed E-state index contributed by atoms with van der Waals surface area (Å²) in [6.07, 6.45) is 12.4. The van der Waals surface area contributed by atoms with Crippen LogP contribution in [0.2, 0.25) is 0 Å². The van der Waals surface area contributed by atoms with E-state index in [1.807, 2.05) is 13.8 Å². The monoisotopic (exact) mass is 252 g/mol. The van der Waals surface area contributed by atoms with E-state index in [2.05, 4.69) is 13.0 Å². The highest BCUT2D eigenvalue weighted by Crippen LogP contribution is 2.24. The molecule has 0 heterocycles. The van der Waals surface area contributed by atoms with E-state index in [0.29, 0.717) is 12.3 Å². The first-order valence-corrected chi connectivity index (χ1v) is 7.68. The number of nitrogens with two attached hydrogens (primary N) is 1. The zero-order valence-corrected chi connectivity index (χ0v) is 12.7. The lowest BCUT2D eigenvalue weighted by Gasteiger charge is -2.28. The van der Waals surface area contributed by atoms with Crippen molar-refractivity contribution in [2.24, 2.45) is 11.7 Å². The first kappa shape index (κ1) is 17.4. The minimum Gasteiger partial charge on any atom is -0.325 e. The van der Waals surface area contributed by atoms with E-state index in [1.54, 1.807) is 0 Å². The Morgan fingerprint density at radius 1 is 1.00 bits per heavy atom. The normalized spacial score (nSPS) is 13.3. The average molecular weight is 252 g/mol. The van der Waals surface area contributed by atoms with Gasteiger partial charge in [-0.25, -0.2) is 0 Å². The topological polar surface area (TPSA) is 49.8 Å². The summed E-state index contributed by atoms with van der Waals surface area (Å²) in [7, 11) is 0. The molecule has 0 aromatic heterocycles. The lowest BCUT2D eigenvalue weighted by molar-refractivity contribution is 0.296. The number of nitrogens with zero attached hydrogens (tertiary/aromatic N) is 1. The molecule has 0 bridgehead atoms. The molecule has 0 radical (unpaired) electrons. The van der Waals surface area contributed by atoms with Crippen LogP contribution in [0.15, 0.2) is 0 Å². The molecule has 0 aliphatic rings. The van der Waals surface area contributed by atoms with Crippen molar-refractivity contribution >= 4 is 0 Å². The van der Waals surface area contributed by atoms with Crippen molar-refractivity contribution in [3.63, 3.8) is 0 Å². The number of nitriles is 1. The summed E-state index contributed by atoms with van der Waals surface area (Å²) >= 11 is 0. The molecule has 106 valence electrons. The van der Waals surface area contributed by atoms with Crippen LogP contribution in [0.1, 0.15) is 85.0 Å². The fourth-order valence-electron chi connectivity index (χ4n) is 2.37. The number of unbranched alkanes of at least 4 members (excludes halogenated alkanes) is 7. The van der Waals surface area contributed by atoms with Gasteiger partial charge in [-0.05, 0) is 26.2 Å². The Balaban J connectivity index is 3.54. The van der Waals surface area contributed by atoms with E-state index >= 15 is 0 Å². The molecular formula is C16H32N2. The van der Waals surface area contributed by atoms with Gasteiger partial charge in [0, 0.05) is 12.0 Å². The fourth-order valence-corrected chi connectivity index (χ4v) is 2.37. The zero-order valence-electron chi connectivity index (χ0n) is 12.7. The fraction of sp³-hybridized carbons (Fsp3) is 0.938. The van der Waals surface area contributed by atoms with Gasteiger partial charge in [0.25, 0.3) is 0 Å². The lowest BCUT2D eigenvalue weighted by atomic mass is 9.82. The maximum absolute atomic E-state index is 8.82. The van der Waals surface area contributed by atoms with Crippen molar-refractivity contribution in [3.05, 3.63) is 0 Å². The van der Waals surface area contributed by atoms with Crippen molar-refractivity contribution in [1.82, 2.24) is 0 Å². The summed E-state index contributed by atoms with van der Waals surface area (Å²) in [6.45, 7) is 6.34. The van der Waals surface area contributed by atoms with Crippen LogP contribution < -0.4 is 5.73 Å². The van der Waals surface area contributed by atoms with E-state index in [-0.39, 0.29) is 5.54 Å². The van der Waals surface area contributed by atoms with Gasteiger partial charge in [-0.1, -0.05) is 58.3 Å². The molecule has 0 aromatic carbocycles. The second-order valence-electron chi connectivity index (χ2n) is 6.14. The Hall–Kier alpha value is -0.550. The maximum Gasteiger partial charge on any atom is 0.0625 e. The molecule has 0 spiro atoms. The van der Waals surface area contributed by atoms with E-state index in [4.69, 9.17) is 11.0 Å². The van der Waals surface area contributed by atoms with Gasteiger partial charge >= 0.3 is 0 Å². The molecule has 0 saturated heterocycles. The summed E-state index contributed by atoms with van der Waals surface area (Å²) < 4.78 is 0. The lowest BCUT2D eigenvalue weighted by Crippen LogP contribution is -2.40. The first-order valence-electron chi connectivity index (χ1n) is 7.68. The molecule has 18 heavy (non-hydrogen) atoms. The molecule has 1 unspecified atom stereocenters. The standard InChI is InChI=1S/C16H32N2/c1-4-5-6-7-8-9-10-11-12-15(13-14-17)16(2,3)18/h15H,4-13,18H2,1-3H3. The van der Waals surface area contributed by atoms with Crippen LogP contribution in [-0.4, -0.2) is 5.54 Å². The van der Waals surface area contributed by atoms with Gasteiger partial charge in [-0.3, -0.25) is 0 Å². The summed E-state index contributed by atoms with van der Waals surface area (Å²) in [5.41, 5.74) is 5.90. The van der Waals surface area contributed by atoms with Crippen molar-refractivity contribution in [1.29, 1.82) is 5.26 Å². The van der Waals surface area contributed by atoms with Crippen LogP contribution in [0.25, 0.3) is 0 Å². The third kappa shape index (κ3) is 9.48. The van der Waals surface area contributed by atoms with Crippen LogP contribution in [0, 0.1) is 17.2 Å². The maximum atomic E-state index is 8.82. The van der Waals surface area contributed by atoms with E-state index < -0.39 is 0 Å². The Labute approximate surface area is 114 Å². The highest BCUT2D eigenvalue weighted by atomic mass is 14.7. The van der Waals surface area contributed by atoms with E-state index in [0.717, 1.165) is 6.42 Å². The third-order valence-corrected chi connectivity index (χ3v) is 3.80. The first-order chi connectivity index (χ1) is 8.52. The van der Waals surface area contributed by atoms with Crippen LogP contribution in [0.3, 0.4) is 0 Å². The van der Waals surface area contributed by atoms with E-state index in [1.165, 1.54) is 51.4 Å². The smallest absolute Gasteiger partial charge is 0.0625 e. The van der Waals surface area contributed by atoms with Crippen molar-refractivity contribution in [2.75, 3.05) is 0 Å². The summed E-state index contributed by atoms with van der Waals surface area (Å²) in [4.78, 5) is 0. The van der Waals surface area contributed by atoms with Gasteiger partial charge in [0.05, 0.1) is 6.07 Å². The van der Waals surface area contributed by atoms with Crippen molar-refractivity contribution in [3.8, 4) is 6.07 Å². The molecule has 2 nitrogen and oxygen atoms in total. The Morgan fingerprint density at radius 3 is 1.94 bits per heavy atom. The Bertz CT molecular complexity index is 222. The summed E-state index contributed by atoms with van der Waals surface area (Å²) in [6, 6.07) is 2.27. The summed E-state index contributed by atoms with van der Waals surface area (Å²) in [5, 5.41) is 8.82.